The van der Waals surface area contributed by atoms with E-state index in [4.69, 9.17) is 10.5 Å². The lowest BCUT2D eigenvalue weighted by molar-refractivity contribution is -0.122. The van der Waals surface area contributed by atoms with Gasteiger partial charge in [0.1, 0.15) is 12.4 Å². The van der Waals surface area contributed by atoms with Gasteiger partial charge in [-0.3, -0.25) is 4.79 Å². The third-order valence-corrected chi connectivity index (χ3v) is 3.69. The number of ether oxygens (including phenoxy) is 1. The van der Waals surface area contributed by atoms with Crippen LogP contribution in [0.5, 0.6) is 5.75 Å². The van der Waals surface area contributed by atoms with Gasteiger partial charge in [0.2, 0.25) is 0 Å². The van der Waals surface area contributed by atoms with Crippen molar-refractivity contribution in [2.45, 2.75) is 12.5 Å². The number of benzene rings is 2. The zero-order valence-electron chi connectivity index (χ0n) is 13.2. The summed E-state index contributed by atoms with van der Waals surface area (Å²) in [5.74, 6) is 0.538. The molecular weight excluding hydrogens is 302 g/mol. The maximum Gasteiger partial charge on any atom is 0.257 e. The fraction of sp³-hybridized carbons (Fsp3) is 0.158. The first-order valence-electron chi connectivity index (χ1n) is 7.77. The maximum atomic E-state index is 12.0. The molecular formula is C19H19N3O2. The van der Waals surface area contributed by atoms with Crippen LogP contribution in [0, 0.1) is 0 Å². The molecule has 1 heterocycles. The molecule has 1 amide bonds. The van der Waals surface area contributed by atoms with Crippen LogP contribution in [0.1, 0.15) is 11.1 Å². The SMILES string of the molecule is NC(Cc1ccccc1)C(=O)NN=CC1=Cc2ccccc2OC1. The van der Waals surface area contributed by atoms with Crippen molar-refractivity contribution in [3.63, 3.8) is 0 Å². The van der Waals surface area contributed by atoms with E-state index in [0.717, 1.165) is 22.4 Å². The fourth-order valence-electron chi connectivity index (χ4n) is 2.43. The van der Waals surface area contributed by atoms with Crippen LogP contribution in [0.2, 0.25) is 0 Å². The second-order valence-electron chi connectivity index (χ2n) is 5.58. The van der Waals surface area contributed by atoms with Gasteiger partial charge in [0.15, 0.2) is 0 Å². The van der Waals surface area contributed by atoms with Crippen LogP contribution in [0.3, 0.4) is 0 Å². The molecule has 0 aliphatic carbocycles. The van der Waals surface area contributed by atoms with Crippen LogP contribution in [-0.2, 0) is 11.2 Å². The van der Waals surface area contributed by atoms with E-state index in [1.807, 2.05) is 60.7 Å². The summed E-state index contributed by atoms with van der Waals surface area (Å²) < 4.78 is 5.62. The van der Waals surface area contributed by atoms with E-state index in [0.29, 0.717) is 13.0 Å². The standard InChI is InChI=1S/C19H19N3O2/c20-17(11-14-6-2-1-3-7-14)19(23)22-21-12-15-10-16-8-4-5-9-18(16)24-13-15/h1-10,12,17H,11,13,20H2,(H,22,23). The van der Waals surface area contributed by atoms with Crippen molar-refractivity contribution in [1.82, 2.24) is 5.43 Å². The van der Waals surface area contributed by atoms with Crippen LogP contribution in [-0.4, -0.2) is 24.8 Å². The Morgan fingerprint density at radius 3 is 2.79 bits per heavy atom. The minimum atomic E-state index is -0.637. The summed E-state index contributed by atoms with van der Waals surface area (Å²) in [5.41, 5.74) is 11.3. The molecule has 1 atom stereocenters. The lowest BCUT2D eigenvalue weighted by atomic mass is 10.1. The molecule has 0 saturated heterocycles. The zero-order valence-corrected chi connectivity index (χ0v) is 13.2. The summed E-state index contributed by atoms with van der Waals surface area (Å²) in [5, 5.41) is 3.98. The Morgan fingerprint density at radius 1 is 1.21 bits per heavy atom. The molecule has 5 nitrogen and oxygen atoms in total. The molecule has 1 unspecified atom stereocenters. The molecule has 3 rings (SSSR count). The number of carbonyl (C=O) groups is 1. The molecule has 1 aliphatic heterocycles. The first kappa shape index (κ1) is 16.0. The van der Waals surface area contributed by atoms with Crippen molar-refractivity contribution in [2.75, 3.05) is 6.61 Å². The average molecular weight is 321 g/mol. The lowest BCUT2D eigenvalue weighted by Crippen LogP contribution is -2.40. The van der Waals surface area contributed by atoms with Crippen molar-refractivity contribution < 1.29 is 9.53 Å². The molecule has 0 aromatic heterocycles. The van der Waals surface area contributed by atoms with Crippen LogP contribution < -0.4 is 15.9 Å². The number of hydrogen-bond acceptors (Lipinski definition) is 4. The number of rotatable bonds is 5. The highest BCUT2D eigenvalue weighted by atomic mass is 16.5. The molecule has 0 radical (unpaired) electrons. The topological polar surface area (TPSA) is 76.7 Å². The molecule has 2 aromatic rings. The van der Waals surface area contributed by atoms with Crippen molar-refractivity contribution in [3.05, 3.63) is 71.3 Å². The summed E-state index contributed by atoms with van der Waals surface area (Å²) in [6.45, 7) is 0.423. The molecule has 5 heteroatoms. The van der Waals surface area contributed by atoms with Gasteiger partial charge in [-0.05, 0) is 24.1 Å². The Hall–Kier alpha value is -2.92. The van der Waals surface area contributed by atoms with Gasteiger partial charge in [0.25, 0.3) is 5.91 Å². The van der Waals surface area contributed by atoms with E-state index in [1.54, 1.807) is 6.21 Å². The first-order valence-corrected chi connectivity index (χ1v) is 7.77. The summed E-state index contributed by atoms with van der Waals surface area (Å²) >= 11 is 0. The summed E-state index contributed by atoms with van der Waals surface area (Å²) in [7, 11) is 0. The Kier molecular flexibility index (Phi) is 5.03. The predicted molar refractivity (Wildman–Crippen MR) is 94.7 cm³/mol. The van der Waals surface area contributed by atoms with E-state index in [2.05, 4.69) is 10.5 Å². The molecule has 0 spiro atoms. The molecule has 2 aromatic carbocycles. The second kappa shape index (κ2) is 7.57. The Bertz CT molecular complexity index is 769. The van der Waals surface area contributed by atoms with Gasteiger partial charge < -0.3 is 10.5 Å². The molecule has 1 aliphatic rings. The number of nitrogens with two attached hydrogens (primary N) is 1. The fourth-order valence-corrected chi connectivity index (χ4v) is 2.43. The molecule has 3 N–H and O–H groups in total. The van der Waals surface area contributed by atoms with Gasteiger partial charge in [0, 0.05) is 11.1 Å². The smallest absolute Gasteiger partial charge is 0.257 e. The van der Waals surface area contributed by atoms with Gasteiger partial charge >= 0.3 is 0 Å². The van der Waals surface area contributed by atoms with Gasteiger partial charge in [-0.1, -0.05) is 48.5 Å². The monoisotopic (exact) mass is 321 g/mol. The third-order valence-electron chi connectivity index (χ3n) is 3.69. The van der Waals surface area contributed by atoms with Crippen molar-refractivity contribution in [2.24, 2.45) is 10.8 Å². The van der Waals surface area contributed by atoms with E-state index in [-0.39, 0.29) is 5.91 Å². The van der Waals surface area contributed by atoms with Gasteiger partial charge in [-0.15, -0.1) is 0 Å². The number of para-hydroxylation sites is 1. The van der Waals surface area contributed by atoms with Gasteiger partial charge in [0.05, 0.1) is 12.3 Å². The average Bonchev–Trinajstić information content (AvgIpc) is 2.62. The van der Waals surface area contributed by atoms with E-state index >= 15 is 0 Å². The Balaban J connectivity index is 1.54. The van der Waals surface area contributed by atoms with Crippen LogP contribution in [0.25, 0.3) is 6.08 Å². The minimum Gasteiger partial charge on any atom is -0.488 e. The number of hydrogen-bond donors (Lipinski definition) is 2. The third kappa shape index (κ3) is 4.08. The number of nitrogens with one attached hydrogen (secondary N) is 1. The predicted octanol–water partition coefficient (Wildman–Crippen LogP) is 2.13. The highest BCUT2D eigenvalue weighted by molar-refractivity contribution is 5.89. The molecule has 122 valence electrons. The van der Waals surface area contributed by atoms with Crippen molar-refractivity contribution in [1.29, 1.82) is 0 Å². The first-order chi connectivity index (χ1) is 11.7. The summed E-state index contributed by atoms with van der Waals surface area (Å²) in [6.07, 6.45) is 4.04. The largest absolute Gasteiger partial charge is 0.488 e. The highest BCUT2D eigenvalue weighted by Gasteiger charge is 2.13. The van der Waals surface area contributed by atoms with Crippen LogP contribution in [0.15, 0.2) is 65.3 Å². The highest BCUT2D eigenvalue weighted by Crippen LogP contribution is 2.24. The van der Waals surface area contributed by atoms with Crippen LogP contribution >= 0.6 is 0 Å². The van der Waals surface area contributed by atoms with Gasteiger partial charge in [-0.2, -0.15) is 5.10 Å². The zero-order chi connectivity index (χ0) is 16.8. The van der Waals surface area contributed by atoms with Gasteiger partial charge in [-0.25, -0.2) is 5.43 Å². The number of carbonyl (C=O) groups excluding carboxylic acids is 1. The summed E-state index contributed by atoms with van der Waals surface area (Å²) in [6, 6.07) is 16.8. The van der Waals surface area contributed by atoms with Crippen molar-refractivity contribution in [3.8, 4) is 5.75 Å². The maximum absolute atomic E-state index is 12.0. The number of fused-ring (bicyclic) bond motifs is 1. The normalized spacial score (nSPS) is 14.5. The molecule has 0 fully saturated rings. The van der Waals surface area contributed by atoms with E-state index in [1.165, 1.54) is 0 Å². The number of nitrogens with zero attached hydrogens (tertiary/aromatic N) is 1. The summed E-state index contributed by atoms with van der Waals surface area (Å²) in [4.78, 5) is 12.0. The number of amides is 1. The quantitative estimate of drug-likeness (QED) is 0.654. The molecule has 0 bridgehead atoms. The van der Waals surface area contributed by atoms with E-state index in [9.17, 15) is 4.79 Å². The second-order valence-corrected chi connectivity index (χ2v) is 5.58. The van der Waals surface area contributed by atoms with Crippen molar-refractivity contribution >= 4 is 18.2 Å². The van der Waals surface area contributed by atoms with E-state index < -0.39 is 6.04 Å². The Morgan fingerprint density at radius 2 is 1.96 bits per heavy atom. The lowest BCUT2D eigenvalue weighted by Gasteiger charge is -2.15. The minimum absolute atomic E-state index is 0.312. The Labute approximate surface area is 140 Å². The van der Waals surface area contributed by atoms with Crippen LogP contribution in [0.4, 0.5) is 0 Å². The molecule has 24 heavy (non-hydrogen) atoms. The molecule has 0 saturated carbocycles. The number of hydrazone groups is 1.